The highest BCUT2D eigenvalue weighted by Crippen LogP contribution is 2.25. The van der Waals surface area contributed by atoms with E-state index < -0.39 is 6.10 Å². The number of rotatable bonds is 6. The first-order valence-electron chi connectivity index (χ1n) is 14.6. The van der Waals surface area contributed by atoms with Gasteiger partial charge in [-0.05, 0) is 78.1 Å². The second-order valence-electron chi connectivity index (χ2n) is 10.5. The minimum Gasteiger partial charge on any atom is -0.423 e. The number of Topliss-reactive ketones (excluding diaryl/α,β-unsaturated/α-hetero) is 1. The number of nitrogens with zero attached hydrogens (tertiary/aromatic N) is 3. The normalized spacial score (nSPS) is 15.7. The average molecular weight is 727 g/mol. The number of piperidine rings is 1. The average Bonchev–Trinajstić information content (AvgIpc) is 3.05. The molecule has 0 unspecified atom stereocenters. The molecule has 1 saturated heterocycles. The zero-order valence-corrected chi connectivity index (χ0v) is 28.1. The van der Waals surface area contributed by atoms with Crippen molar-refractivity contribution >= 4 is 72.4 Å². The van der Waals surface area contributed by atoms with Crippen LogP contribution in [0.2, 0.25) is 5.02 Å². The van der Waals surface area contributed by atoms with Gasteiger partial charge in [-0.25, -0.2) is 9.78 Å². The Kier molecular flexibility index (Phi) is 12.7. The van der Waals surface area contributed by atoms with Crippen molar-refractivity contribution in [2.75, 3.05) is 6.54 Å². The largest absolute Gasteiger partial charge is 0.423 e. The molecule has 5 aromatic rings. The highest BCUT2D eigenvalue weighted by molar-refractivity contribution is 9.10. The quantitative estimate of drug-likeness (QED) is 0.162. The highest BCUT2D eigenvalue weighted by atomic mass is 79.9. The summed E-state index contributed by atoms with van der Waals surface area (Å²) in [5.74, 6) is -0.125. The summed E-state index contributed by atoms with van der Waals surface area (Å²) >= 11 is 14.2. The van der Waals surface area contributed by atoms with E-state index in [2.05, 4.69) is 31.2 Å². The van der Waals surface area contributed by atoms with Crippen LogP contribution >= 0.6 is 39.7 Å². The van der Waals surface area contributed by atoms with Crippen molar-refractivity contribution in [3.63, 3.8) is 0 Å². The van der Waals surface area contributed by atoms with Crippen LogP contribution in [0.5, 0.6) is 0 Å². The molecule has 240 valence electrons. The fourth-order valence-corrected chi connectivity index (χ4v) is 5.37. The third-order valence-corrected chi connectivity index (χ3v) is 8.63. The van der Waals surface area contributed by atoms with Crippen LogP contribution < -0.4 is 22.2 Å². The van der Waals surface area contributed by atoms with Gasteiger partial charge in [-0.15, -0.1) is 0 Å². The number of hydrogen-bond donors (Lipinski definition) is 3. The lowest BCUT2D eigenvalue weighted by atomic mass is 9.97. The van der Waals surface area contributed by atoms with Gasteiger partial charge in [0.25, 0.3) is 5.56 Å². The van der Waals surface area contributed by atoms with Gasteiger partial charge in [-0.1, -0.05) is 48.9 Å². The van der Waals surface area contributed by atoms with Gasteiger partial charge in [0.15, 0.2) is 5.78 Å². The van der Waals surface area contributed by atoms with Gasteiger partial charge < -0.3 is 20.6 Å². The fourth-order valence-electron chi connectivity index (χ4n) is 4.75. The maximum atomic E-state index is 12.5. The van der Waals surface area contributed by atoms with E-state index in [0.717, 1.165) is 36.0 Å². The molecule has 3 aromatic heterocycles. The Labute approximate surface area is 283 Å². The number of benzene rings is 2. The maximum absolute atomic E-state index is 12.5. The Bertz CT molecular complexity index is 1970. The molecule has 0 saturated carbocycles. The summed E-state index contributed by atoms with van der Waals surface area (Å²) in [5.41, 5.74) is 7.91. The number of aromatic nitrogens is 3. The molecule has 4 heterocycles. The zero-order chi connectivity index (χ0) is 33.2. The van der Waals surface area contributed by atoms with Gasteiger partial charge in [-0.2, -0.15) is 0 Å². The number of carbonyl (C=O) groups is 1. The molecular formula is C33H33BrClN5O5S. The molecule has 13 heteroatoms. The molecule has 1 fully saturated rings. The Hall–Kier alpha value is -3.81. The molecule has 0 aliphatic carbocycles. The Morgan fingerprint density at radius 1 is 1.17 bits per heavy atom. The lowest BCUT2D eigenvalue weighted by Gasteiger charge is -2.28. The molecule has 6 rings (SSSR count). The van der Waals surface area contributed by atoms with E-state index in [9.17, 15) is 19.5 Å². The summed E-state index contributed by atoms with van der Waals surface area (Å²) in [6.07, 6.45) is 5.27. The molecule has 1 aliphatic rings. The van der Waals surface area contributed by atoms with E-state index in [1.54, 1.807) is 30.5 Å². The molecule has 0 radical (unpaired) electrons. The summed E-state index contributed by atoms with van der Waals surface area (Å²) in [4.78, 5) is 44.3. The minimum atomic E-state index is -0.523. The van der Waals surface area contributed by atoms with Crippen LogP contribution in [-0.2, 0) is 17.8 Å². The van der Waals surface area contributed by atoms with E-state index >= 15 is 0 Å². The highest BCUT2D eigenvalue weighted by Gasteiger charge is 2.25. The summed E-state index contributed by atoms with van der Waals surface area (Å²) < 4.78 is 6.85. The number of halogens is 2. The Morgan fingerprint density at radius 2 is 1.96 bits per heavy atom. The van der Waals surface area contributed by atoms with Crippen LogP contribution in [0.1, 0.15) is 37.4 Å². The fraction of sp³-hybridized carbons (Fsp3) is 0.273. The van der Waals surface area contributed by atoms with Gasteiger partial charge in [-0.3, -0.25) is 19.1 Å². The van der Waals surface area contributed by atoms with Crippen molar-refractivity contribution < 1.29 is 14.3 Å². The zero-order valence-electron chi connectivity index (χ0n) is 25.0. The van der Waals surface area contributed by atoms with Crippen molar-refractivity contribution in [3.05, 3.63) is 115 Å². The molecule has 0 spiro atoms. The molecule has 2 aromatic carbocycles. The maximum Gasteiger partial charge on any atom is 0.336 e. The standard InChI is InChI=1S/C16H17BrClN3O3.C9H6O2.C8H10N2S/c17-11-6-13-10(5-12(11)18)16(24)21(8-20-13)7-9(22)4-14-15(23)2-1-3-19-14;10-9-6-5-7-3-1-2-4-8(7)11-9;1-2-7-5-6(8(9)11)3-4-10-7/h5-6,8,14-15,19,23H,1-4,7H2;1-6H;3-5H,2H2,1H3,(H2,9,11)/t14-,15+;;/m0../s1. The number of pyridine rings is 1. The number of nitrogens with one attached hydrogen (secondary N) is 1. The lowest BCUT2D eigenvalue weighted by Crippen LogP contribution is -2.46. The lowest BCUT2D eigenvalue weighted by molar-refractivity contribution is -0.121. The van der Waals surface area contributed by atoms with E-state index in [-0.39, 0.29) is 36.0 Å². The molecule has 0 bridgehead atoms. The Morgan fingerprint density at radius 3 is 2.70 bits per heavy atom. The molecule has 0 amide bonds. The number of aliphatic hydroxyl groups excluding tert-OH is 1. The van der Waals surface area contributed by atoms with Crippen LogP contribution in [0, 0.1) is 0 Å². The van der Waals surface area contributed by atoms with Crippen molar-refractivity contribution in [1.29, 1.82) is 0 Å². The van der Waals surface area contributed by atoms with E-state index in [1.165, 1.54) is 17.0 Å². The van der Waals surface area contributed by atoms with Crippen molar-refractivity contribution in [2.45, 2.75) is 51.3 Å². The molecule has 2 atom stereocenters. The number of aryl methyl sites for hydroxylation is 1. The van der Waals surface area contributed by atoms with Crippen LogP contribution in [0.3, 0.4) is 0 Å². The summed E-state index contributed by atoms with van der Waals surface area (Å²) in [6.45, 7) is 2.77. The number of para-hydroxylation sites is 1. The number of aliphatic hydroxyl groups is 1. The van der Waals surface area contributed by atoms with Crippen molar-refractivity contribution in [1.82, 2.24) is 19.9 Å². The number of ketones is 1. The molecule has 4 N–H and O–H groups in total. The first-order valence-corrected chi connectivity index (χ1v) is 16.1. The van der Waals surface area contributed by atoms with Crippen molar-refractivity contribution in [3.8, 4) is 0 Å². The van der Waals surface area contributed by atoms with E-state index in [1.807, 2.05) is 37.3 Å². The molecule has 46 heavy (non-hydrogen) atoms. The van der Waals surface area contributed by atoms with Crippen molar-refractivity contribution in [2.24, 2.45) is 5.73 Å². The second kappa shape index (κ2) is 16.7. The van der Waals surface area contributed by atoms with Gasteiger partial charge >= 0.3 is 5.63 Å². The summed E-state index contributed by atoms with van der Waals surface area (Å²) in [7, 11) is 0. The van der Waals surface area contributed by atoms with Crippen LogP contribution in [-0.4, -0.2) is 49.1 Å². The first-order chi connectivity index (χ1) is 22.0. The first kappa shape index (κ1) is 35.1. The molecular weight excluding hydrogens is 694 g/mol. The second-order valence-corrected chi connectivity index (χ2v) is 12.2. The number of fused-ring (bicyclic) bond motifs is 2. The topological polar surface area (TPSA) is 153 Å². The number of nitrogens with two attached hydrogens (primary N) is 1. The van der Waals surface area contributed by atoms with Gasteiger partial charge in [0.1, 0.15) is 10.6 Å². The van der Waals surface area contributed by atoms with Crippen LogP contribution in [0.4, 0.5) is 0 Å². The van der Waals surface area contributed by atoms with Gasteiger partial charge in [0, 0.05) is 45.8 Å². The third kappa shape index (κ3) is 9.60. The SMILES string of the molecule is CCc1cc(C(N)=S)ccn1.O=C(C[C@@H]1NCCC[C@H]1O)Cn1cnc2cc(Br)c(Cl)cc2c1=O.O=c1ccc2ccccc2o1. The summed E-state index contributed by atoms with van der Waals surface area (Å²) in [5, 5.41) is 14.8. The monoisotopic (exact) mass is 725 g/mol. The smallest absolute Gasteiger partial charge is 0.336 e. The van der Waals surface area contributed by atoms with E-state index in [0.29, 0.717) is 37.4 Å². The van der Waals surface area contributed by atoms with E-state index in [4.69, 9.17) is 34.0 Å². The van der Waals surface area contributed by atoms with Gasteiger partial charge in [0.2, 0.25) is 0 Å². The number of thiocarbonyl (C=S) groups is 1. The van der Waals surface area contributed by atoms with Crippen LogP contribution in [0.25, 0.3) is 21.9 Å². The third-order valence-electron chi connectivity index (χ3n) is 7.20. The van der Waals surface area contributed by atoms with Crippen LogP contribution in [0.15, 0.2) is 91.7 Å². The summed E-state index contributed by atoms with van der Waals surface area (Å²) in [6, 6.07) is 17.3. The number of hydrogen-bond acceptors (Lipinski definition) is 9. The Balaban J connectivity index is 0.000000180. The van der Waals surface area contributed by atoms with Gasteiger partial charge in [0.05, 0.1) is 34.9 Å². The predicted octanol–water partition coefficient (Wildman–Crippen LogP) is 4.96. The molecule has 10 nitrogen and oxygen atoms in total. The predicted molar refractivity (Wildman–Crippen MR) is 187 cm³/mol. The minimum absolute atomic E-state index is 0.0691. The molecule has 1 aliphatic heterocycles. The number of carbonyl (C=O) groups excluding carboxylic acids is 1.